The van der Waals surface area contributed by atoms with Gasteiger partial charge in [-0.15, -0.1) is 0 Å². The van der Waals surface area contributed by atoms with Crippen LogP contribution in [-0.2, 0) is 4.79 Å². The fourth-order valence-corrected chi connectivity index (χ4v) is 4.11. The molecule has 21 heavy (non-hydrogen) atoms. The molecule has 1 aromatic carbocycles. The molecule has 3 atom stereocenters. The lowest BCUT2D eigenvalue weighted by atomic mass is 9.66. The number of aryl methyl sites for hydroxylation is 2. The first kappa shape index (κ1) is 14.6. The van der Waals surface area contributed by atoms with Crippen molar-refractivity contribution < 1.29 is 14.3 Å². The molecule has 0 saturated heterocycles. The van der Waals surface area contributed by atoms with E-state index in [4.69, 9.17) is 16.3 Å². The van der Waals surface area contributed by atoms with E-state index in [1.807, 2.05) is 33.8 Å². The SMILES string of the molecule is Cc1cc(C)c2c(c1Cl)OC1(C2=O)C(C)CC(=O)C[C@@H]1C. The Morgan fingerprint density at radius 3 is 2.29 bits per heavy atom. The summed E-state index contributed by atoms with van der Waals surface area (Å²) < 4.78 is 6.18. The van der Waals surface area contributed by atoms with Crippen molar-refractivity contribution in [1.29, 1.82) is 0 Å². The Morgan fingerprint density at radius 2 is 1.71 bits per heavy atom. The lowest BCUT2D eigenvalue weighted by molar-refractivity contribution is -0.129. The number of hydrogen-bond acceptors (Lipinski definition) is 3. The number of ether oxygens (including phenoxy) is 1. The van der Waals surface area contributed by atoms with E-state index in [1.165, 1.54) is 0 Å². The van der Waals surface area contributed by atoms with Gasteiger partial charge >= 0.3 is 0 Å². The van der Waals surface area contributed by atoms with E-state index in [0.29, 0.717) is 29.2 Å². The zero-order valence-corrected chi connectivity index (χ0v) is 13.5. The van der Waals surface area contributed by atoms with E-state index < -0.39 is 5.60 Å². The van der Waals surface area contributed by atoms with E-state index in [-0.39, 0.29) is 23.4 Å². The van der Waals surface area contributed by atoms with Crippen LogP contribution in [0.25, 0.3) is 0 Å². The van der Waals surface area contributed by atoms with E-state index in [9.17, 15) is 9.59 Å². The van der Waals surface area contributed by atoms with Gasteiger partial charge in [-0.1, -0.05) is 31.5 Å². The quantitative estimate of drug-likeness (QED) is 0.730. The molecule has 1 heterocycles. The van der Waals surface area contributed by atoms with Crippen molar-refractivity contribution in [2.75, 3.05) is 0 Å². The highest BCUT2D eigenvalue weighted by atomic mass is 35.5. The van der Waals surface area contributed by atoms with Gasteiger partial charge in [0.15, 0.2) is 11.4 Å². The van der Waals surface area contributed by atoms with Crippen LogP contribution in [0.1, 0.15) is 48.2 Å². The van der Waals surface area contributed by atoms with Crippen molar-refractivity contribution >= 4 is 23.2 Å². The summed E-state index contributed by atoms with van der Waals surface area (Å²) in [6, 6.07) is 1.92. The molecule has 2 unspecified atom stereocenters. The lowest BCUT2D eigenvalue weighted by Crippen LogP contribution is -2.55. The second-order valence-electron chi connectivity index (χ2n) is 6.50. The molecule has 112 valence electrons. The van der Waals surface area contributed by atoms with Gasteiger partial charge in [0.2, 0.25) is 5.78 Å². The van der Waals surface area contributed by atoms with Crippen LogP contribution in [0.3, 0.4) is 0 Å². The maximum Gasteiger partial charge on any atom is 0.210 e. The third-order valence-electron chi connectivity index (χ3n) is 4.98. The van der Waals surface area contributed by atoms with Gasteiger partial charge in [-0.2, -0.15) is 0 Å². The fourth-order valence-electron chi connectivity index (χ4n) is 3.92. The van der Waals surface area contributed by atoms with Crippen LogP contribution >= 0.6 is 11.6 Å². The van der Waals surface area contributed by atoms with Crippen LogP contribution in [0.5, 0.6) is 5.75 Å². The van der Waals surface area contributed by atoms with Gasteiger partial charge in [-0.3, -0.25) is 9.59 Å². The van der Waals surface area contributed by atoms with Crippen LogP contribution < -0.4 is 4.74 Å². The molecule has 1 aliphatic heterocycles. The highest BCUT2D eigenvalue weighted by Gasteiger charge is 2.59. The summed E-state index contributed by atoms with van der Waals surface area (Å²) in [5, 5.41) is 0.511. The largest absolute Gasteiger partial charge is 0.476 e. The Labute approximate surface area is 129 Å². The number of carbonyl (C=O) groups is 2. The van der Waals surface area contributed by atoms with Crippen molar-refractivity contribution in [3.05, 3.63) is 27.8 Å². The van der Waals surface area contributed by atoms with E-state index in [1.54, 1.807) is 0 Å². The topological polar surface area (TPSA) is 43.4 Å². The second kappa shape index (κ2) is 4.57. The van der Waals surface area contributed by atoms with Crippen molar-refractivity contribution in [3.8, 4) is 5.75 Å². The number of carbonyl (C=O) groups excluding carboxylic acids is 2. The van der Waals surface area contributed by atoms with Gasteiger partial charge in [-0.25, -0.2) is 0 Å². The first-order chi connectivity index (χ1) is 9.79. The van der Waals surface area contributed by atoms with Gasteiger partial charge in [0.1, 0.15) is 5.78 Å². The van der Waals surface area contributed by atoms with Crippen LogP contribution in [0, 0.1) is 25.7 Å². The number of Topliss-reactive ketones (excluding diaryl/α,β-unsaturated/α-hetero) is 2. The third kappa shape index (κ3) is 1.80. The number of benzene rings is 1. The number of hydrogen-bond donors (Lipinski definition) is 0. The Hall–Kier alpha value is -1.35. The zero-order valence-electron chi connectivity index (χ0n) is 12.7. The minimum atomic E-state index is -0.932. The first-order valence-corrected chi connectivity index (χ1v) is 7.72. The zero-order chi connectivity index (χ0) is 15.5. The molecule has 3 nitrogen and oxygen atoms in total. The van der Waals surface area contributed by atoms with Crippen LogP contribution in [0.15, 0.2) is 6.07 Å². The molecule has 1 saturated carbocycles. The minimum Gasteiger partial charge on any atom is -0.476 e. The fraction of sp³-hybridized carbons (Fsp3) is 0.529. The Balaban J connectivity index is 2.18. The maximum atomic E-state index is 13.1. The minimum absolute atomic E-state index is 0.00981. The Morgan fingerprint density at radius 1 is 1.14 bits per heavy atom. The summed E-state index contributed by atoms with van der Waals surface area (Å²) in [5.41, 5.74) is 1.46. The molecule has 4 heteroatoms. The van der Waals surface area contributed by atoms with E-state index in [0.717, 1.165) is 11.1 Å². The van der Waals surface area contributed by atoms with Crippen molar-refractivity contribution in [2.45, 2.75) is 46.1 Å². The molecule has 0 N–H and O–H groups in total. The highest BCUT2D eigenvalue weighted by molar-refractivity contribution is 6.34. The number of rotatable bonds is 0. The molecule has 0 amide bonds. The molecular formula is C17H19ClO3. The number of halogens is 1. The van der Waals surface area contributed by atoms with Crippen LogP contribution in [-0.4, -0.2) is 17.2 Å². The third-order valence-corrected chi connectivity index (χ3v) is 5.45. The maximum absolute atomic E-state index is 13.1. The van der Waals surface area contributed by atoms with Gasteiger partial charge in [0.05, 0.1) is 10.6 Å². The number of ketones is 2. The molecule has 1 fully saturated rings. The molecule has 1 spiro atoms. The molecular weight excluding hydrogens is 288 g/mol. The smallest absolute Gasteiger partial charge is 0.210 e. The molecule has 0 radical (unpaired) electrons. The Bertz CT molecular complexity index is 648. The normalized spacial score (nSPS) is 31.5. The van der Waals surface area contributed by atoms with Crippen LogP contribution in [0.2, 0.25) is 5.02 Å². The van der Waals surface area contributed by atoms with Gasteiger partial charge < -0.3 is 4.74 Å². The predicted octanol–water partition coefficient (Wildman–Crippen LogP) is 3.91. The lowest BCUT2D eigenvalue weighted by Gasteiger charge is -2.41. The van der Waals surface area contributed by atoms with Crippen molar-refractivity contribution in [1.82, 2.24) is 0 Å². The second-order valence-corrected chi connectivity index (χ2v) is 6.88. The van der Waals surface area contributed by atoms with Crippen molar-refractivity contribution in [3.63, 3.8) is 0 Å². The average molecular weight is 307 g/mol. The molecule has 1 aromatic rings. The highest BCUT2D eigenvalue weighted by Crippen LogP contribution is 2.51. The summed E-state index contributed by atoms with van der Waals surface area (Å²) in [6.07, 6.45) is 0.777. The van der Waals surface area contributed by atoms with Crippen molar-refractivity contribution in [2.24, 2.45) is 11.8 Å². The molecule has 2 aliphatic rings. The monoisotopic (exact) mass is 306 g/mol. The van der Waals surface area contributed by atoms with Gasteiger partial charge in [0, 0.05) is 24.7 Å². The summed E-state index contributed by atoms with van der Waals surface area (Å²) in [4.78, 5) is 24.9. The van der Waals surface area contributed by atoms with E-state index in [2.05, 4.69) is 0 Å². The molecule has 1 aliphatic carbocycles. The summed E-state index contributed by atoms with van der Waals surface area (Å²) in [6.45, 7) is 7.67. The summed E-state index contributed by atoms with van der Waals surface area (Å²) in [7, 11) is 0. The summed E-state index contributed by atoms with van der Waals surface area (Å²) in [5.74, 6) is 0.428. The van der Waals surface area contributed by atoms with Gasteiger partial charge in [-0.05, 0) is 25.0 Å². The molecule has 3 rings (SSSR count). The van der Waals surface area contributed by atoms with E-state index >= 15 is 0 Å². The number of fused-ring (bicyclic) bond motifs is 1. The summed E-state index contributed by atoms with van der Waals surface area (Å²) >= 11 is 6.36. The average Bonchev–Trinajstić information content (AvgIpc) is 2.69. The predicted molar refractivity (Wildman–Crippen MR) is 81.2 cm³/mol. The molecule has 0 aromatic heterocycles. The standard InChI is InChI=1S/C17H19ClO3/c1-8-5-9(2)14(18)15-13(8)16(20)17(21-15)10(3)6-12(19)7-11(17)4/h5,10-11H,6-7H2,1-4H3/t10-,11?,17?/m0/s1. The first-order valence-electron chi connectivity index (χ1n) is 7.34. The molecule has 0 bridgehead atoms. The Kier molecular flexibility index (Phi) is 3.17. The van der Waals surface area contributed by atoms with Crippen LogP contribution in [0.4, 0.5) is 0 Å². The van der Waals surface area contributed by atoms with Gasteiger partial charge in [0.25, 0.3) is 0 Å².